The van der Waals surface area contributed by atoms with E-state index in [-0.39, 0.29) is 41.2 Å². The predicted octanol–water partition coefficient (Wildman–Crippen LogP) is 3.90. The molecule has 3 aromatic carbocycles. The first-order chi connectivity index (χ1) is 17.8. The van der Waals surface area contributed by atoms with E-state index in [0.29, 0.717) is 39.2 Å². The summed E-state index contributed by atoms with van der Waals surface area (Å²) in [6.07, 6.45) is 0. The molecule has 0 bridgehead atoms. The van der Waals surface area contributed by atoms with Crippen LogP contribution in [0.3, 0.4) is 0 Å². The van der Waals surface area contributed by atoms with Gasteiger partial charge in [0, 0.05) is 16.5 Å². The largest absolute Gasteiger partial charge is 0.497 e. The van der Waals surface area contributed by atoms with Crippen molar-refractivity contribution >= 4 is 32.7 Å². The quantitative estimate of drug-likeness (QED) is 0.492. The summed E-state index contributed by atoms with van der Waals surface area (Å²) in [5, 5.41) is 10.3. The van der Waals surface area contributed by atoms with Crippen LogP contribution in [-0.4, -0.2) is 44.5 Å². The van der Waals surface area contributed by atoms with Gasteiger partial charge >= 0.3 is 5.97 Å². The molecular weight excluding hydrogens is 522 g/mol. The normalized spacial score (nSPS) is 16.5. The second kappa shape index (κ2) is 8.82. The first-order valence-electron chi connectivity index (χ1n) is 11.0. The number of ether oxygens (including phenoxy) is 5. The van der Waals surface area contributed by atoms with Gasteiger partial charge in [0.1, 0.15) is 5.75 Å². The van der Waals surface area contributed by atoms with E-state index >= 15 is 0 Å². The molecule has 3 heterocycles. The van der Waals surface area contributed by atoms with Crippen LogP contribution in [-0.2, 0) is 21.4 Å². The number of nitrogens with zero attached hydrogens (tertiary/aromatic N) is 1. The molecule has 6 rings (SSSR count). The topological polar surface area (TPSA) is 121 Å². The molecule has 0 unspecified atom stereocenters. The molecule has 0 spiro atoms. The fourth-order valence-corrected chi connectivity index (χ4v) is 7.17. The summed E-state index contributed by atoms with van der Waals surface area (Å²) in [6, 6.07) is 14.8. The average molecular weight is 542 g/mol. The summed E-state index contributed by atoms with van der Waals surface area (Å²) in [5.74, 6) is 1.06. The molecule has 37 heavy (non-hydrogen) atoms. The zero-order chi connectivity index (χ0) is 25.7. The Morgan fingerprint density at radius 2 is 1.62 bits per heavy atom. The summed E-state index contributed by atoms with van der Waals surface area (Å²) in [6.45, 7) is -0.0796. The maximum absolute atomic E-state index is 13.8. The number of hydrogen-bond donors (Lipinski definition) is 1. The van der Waals surface area contributed by atoms with Gasteiger partial charge in [-0.2, -0.15) is 0 Å². The fourth-order valence-electron chi connectivity index (χ4n) is 4.24. The monoisotopic (exact) mass is 541 g/mol. The lowest BCUT2D eigenvalue weighted by molar-refractivity contribution is -0.133. The number of carbonyl (C=O) groups is 1. The molecule has 0 fully saturated rings. The van der Waals surface area contributed by atoms with Gasteiger partial charge in [0.25, 0.3) is 10.0 Å². The second-order valence-electron chi connectivity index (χ2n) is 8.16. The van der Waals surface area contributed by atoms with Gasteiger partial charge in [-0.25, -0.2) is 13.2 Å². The Hall–Kier alpha value is -4.03. The molecule has 0 aromatic heterocycles. The SMILES string of the molecule is COc1ccc2c(c1)S(=O)(=O)N(Cc1ccc3c(c1)OCO3)C(C(=O)O)=C2Sc1ccc2c(c1)OCO2. The Morgan fingerprint density at radius 1 is 0.946 bits per heavy atom. The van der Waals surface area contributed by atoms with Crippen LogP contribution >= 0.6 is 11.8 Å². The second-order valence-corrected chi connectivity index (χ2v) is 11.1. The Labute approximate surface area is 216 Å². The zero-order valence-corrected chi connectivity index (χ0v) is 20.9. The summed E-state index contributed by atoms with van der Waals surface area (Å²) in [4.78, 5) is 13.5. The van der Waals surface area contributed by atoms with E-state index in [0.717, 1.165) is 16.1 Å². The van der Waals surface area contributed by atoms with E-state index in [9.17, 15) is 18.3 Å². The van der Waals surface area contributed by atoms with Crippen LogP contribution in [0.2, 0.25) is 0 Å². The zero-order valence-electron chi connectivity index (χ0n) is 19.3. The van der Waals surface area contributed by atoms with E-state index < -0.39 is 16.0 Å². The van der Waals surface area contributed by atoms with Crippen LogP contribution in [0, 0.1) is 0 Å². The van der Waals surface area contributed by atoms with Crippen molar-refractivity contribution in [2.24, 2.45) is 0 Å². The molecule has 1 N–H and O–H groups in total. The van der Waals surface area contributed by atoms with Crippen molar-refractivity contribution in [3.05, 3.63) is 71.4 Å². The Balaban J connectivity index is 1.51. The van der Waals surface area contributed by atoms with Gasteiger partial charge in [-0.15, -0.1) is 0 Å². The molecule has 0 aliphatic carbocycles. The molecule has 12 heteroatoms. The van der Waals surface area contributed by atoms with E-state index in [1.165, 1.54) is 13.2 Å². The lowest BCUT2D eigenvalue weighted by Crippen LogP contribution is -2.37. The third-order valence-electron chi connectivity index (χ3n) is 6.00. The van der Waals surface area contributed by atoms with E-state index in [1.54, 1.807) is 48.5 Å². The molecule has 3 aliphatic heterocycles. The van der Waals surface area contributed by atoms with Crippen molar-refractivity contribution in [1.29, 1.82) is 0 Å². The number of rotatable bonds is 6. The first kappa shape index (κ1) is 23.4. The number of sulfonamides is 1. The van der Waals surface area contributed by atoms with Crippen molar-refractivity contribution in [2.75, 3.05) is 20.7 Å². The van der Waals surface area contributed by atoms with Gasteiger partial charge in [0.2, 0.25) is 13.6 Å². The van der Waals surface area contributed by atoms with Crippen molar-refractivity contribution in [3.63, 3.8) is 0 Å². The van der Waals surface area contributed by atoms with Gasteiger partial charge in [-0.3, -0.25) is 4.31 Å². The van der Waals surface area contributed by atoms with Gasteiger partial charge in [-0.05, 0) is 48.0 Å². The van der Waals surface area contributed by atoms with Crippen LogP contribution in [0.1, 0.15) is 11.1 Å². The number of carboxylic acids is 1. The lowest BCUT2D eigenvalue weighted by atomic mass is 10.1. The fraction of sp³-hybridized carbons (Fsp3) is 0.160. The predicted molar refractivity (Wildman–Crippen MR) is 131 cm³/mol. The highest BCUT2D eigenvalue weighted by atomic mass is 32.2. The maximum Gasteiger partial charge on any atom is 0.354 e. The number of methoxy groups -OCH3 is 1. The van der Waals surface area contributed by atoms with E-state index in [4.69, 9.17) is 23.7 Å². The Morgan fingerprint density at radius 3 is 2.32 bits per heavy atom. The van der Waals surface area contributed by atoms with Gasteiger partial charge < -0.3 is 28.8 Å². The minimum Gasteiger partial charge on any atom is -0.497 e. The maximum atomic E-state index is 13.8. The van der Waals surface area contributed by atoms with Crippen LogP contribution in [0.25, 0.3) is 4.91 Å². The van der Waals surface area contributed by atoms with Gasteiger partial charge in [0.05, 0.1) is 23.5 Å². The molecule has 0 atom stereocenters. The highest BCUT2D eigenvalue weighted by Crippen LogP contribution is 2.48. The number of thioether (sulfide) groups is 1. The van der Waals surface area contributed by atoms with Crippen molar-refractivity contribution in [1.82, 2.24) is 4.31 Å². The van der Waals surface area contributed by atoms with Crippen molar-refractivity contribution < 1.29 is 42.0 Å². The summed E-state index contributed by atoms with van der Waals surface area (Å²) in [7, 11) is -2.84. The van der Waals surface area contributed by atoms with Crippen LogP contribution < -0.4 is 23.7 Å². The smallest absolute Gasteiger partial charge is 0.354 e. The van der Waals surface area contributed by atoms with Gasteiger partial charge in [0.15, 0.2) is 28.7 Å². The number of carboxylic acid groups (broad SMARTS) is 1. The highest BCUT2D eigenvalue weighted by molar-refractivity contribution is 8.08. The highest BCUT2D eigenvalue weighted by Gasteiger charge is 2.41. The molecule has 0 radical (unpaired) electrons. The van der Waals surface area contributed by atoms with Crippen molar-refractivity contribution in [3.8, 4) is 28.7 Å². The molecule has 0 saturated carbocycles. The standard InChI is InChI=1S/C25H19NO9S2/c1-31-15-3-5-17-22(9-15)37(29,30)26(11-14-2-6-18-20(8-14)34-12-32-18)23(25(27)28)24(17)36-16-4-7-19-21(10-16)35-13-33-19/h2-10H,11-13H2,1H3,(H,27,28). The number of aliphatic carboxylic acids is 1. The molecule has 0 saturated heterocycles. The molecule has 3 aromatic rings. The van der Waals surface area contributed by atoms with Crippen LogP contribution in [0.5, 0.6) is 28.7 Å². The molecule has 0 amide bonds. The lowest BCUT2D eigenvalue weighted by Gasteiger charge is -2.32. The third kappa shape index (κ3) is 3.98. The minimum atomic E-state index is -4.27. The van der Waals surface area contributed by atoms with Crippen LogP contribution in [0.4, 0.5) is 0 Å². The Kier molecular flexibility index (Phi) is 5.57. The summed E-state index contributed by atoms with van der Waals surface area (Å²) in [5.41, 5.74) is 0.436. The summed E-state index contributed by atoms with van der Waals surface area (Å²) < 4.78 is 55.5. The average Bonchev–Trinajstić information content (AvgIpc) is 3.55. The van der Waals surface area contributed by atoms with E-state index in [2.05, 4.69) is 0 Å². The molecule has 190 valence electrons. The minimum absolute atomic E-state index is 0.0548. The van der Waals surface area contributed by atoms with Gasteiger partial charge in [-0.1, -0.05) is 17.8 Å². The number of benzene rings is 3. The van der Waals surface area contributed by atoms with Crippen molar-refractivity contribution in [2.45, 2.75) is 16.3 Å². The molecular formula is C25H19NO9S2. The third-order valence-corrected chi connectivity index (χ3v) is 8.89. The molecule has 3 aliphatic rings. The number of fused-ring (bicyclic) bond motifs is 3. The van der Waals surface area contributed by atoms with Crippen LogP contribution in [0.15, 0.2) is 70.1 Å². The Bertz CT molecular complexity index is 1580. The molecule has 10 nitrogen and oxygen atoms in total. The first-order valence-corrected chi connectivity index (χ1v) is 13.3. The summed E-state index contributed by atoms with van der Waals surface area (Å²) >= 11 is 1.13. The number of hydrogen-bond acceptors (Lipinski definition) is 9. The van der Waals surface area contributed by atoms with E-state index in [1.807, 2.05) is 0 Å².